The molecule has 2 aromatic heterocycles. The van der Waals surface area contributed by atoms with Crippen LogP contribution in [0.3, 0.4) is 0 Å². The van der Waals surface area contributed by atoms with Gasteiger partial charge in [0.1, 0.15) is 5.69 Å². The zero-order valence-electron chi connectivity index (χ0n) is 13.9. The van der Waals surface area contributed by atoms with Crippen LogP contribution in [0.5, 0.6) is 0 Å². The minimum atomic E-state index is 0.135. The van der Waals surface area contributed by atoms with Gasteiger partial charge >= 0.3 is 0 Å². The number of thiazole rings is 1. The van der Waals surface area contributed by atoms with Crippen LogP contribution in [0.4, 0.5) is 5.69 Å². The highest BCUT2D eigenvalue weighted by atomic mass is 32.1. The van der Waals surface area contributed by atoms with E-state index < -0.39 is 0 Å². The van der Waals surface area contributed by atoms with Crippen molar-refractivity contribution in [3.05, 3.63) is 29.1 Å². The number of imidazole rings is 1. The van der Waals surface area contributed by atoms with Crippen LogP contribution < -0.4 is 5.32 Å². The predicted molar refractivity (Wildman–Crippen MR) is 99.4 cm³/mol. The van der Waals surface area contributed by atoms with E-state index in [1.54, 1.807) is 16.8 Å². The summed E-state index contributed by atoms with van der Waals surface area (Å²) in [5.74, 6) is 3.16. The van der Waals surface area contributed by atoms with Crippen LogP contribution in [0.1, 0.15) is 32.1 Å². The second-order valence-electron chi connectivity index (χ2n) is 7.38. The molecule has 0 radical (unpaired) electrons. The topological polar surface area (TPSA) is 70.7 Å². The van der Waals surface area contributed by atoms with E-state index in [1.807, 2.05) is 23.6 Å². The number of anilines is 1. The molecule has 1 unspecified atom stereocenters. The average molecular weight is 352 g/mol. The van der Waals surface area contributed by atoms with E-state index in [0.29, 0.717) is 12.3 Å². The van der Waals surface area contributed by atoms with E-state index in [2.05, 4.69) is 20.3 Å². The molecule has 3 aromatic rings. The molecular formula is C19H20N4OS. The number of aromatic amines is 1. The van der Waals surface area contributed by atoms with Gasteiger partial charge in [0, 0.05) is 17.5 Å². The minimum absolute atomic E-state index is 0.135. The number of benzene rings is 1. The fraction of sp³-hybridized carbons (Fsp3) is 0.421. The SMILES string of the molecule is O=C(CC1C[C@@H]2CC[C@H]1C2)Nc1ccc2nc(-c3cscn3)[nH]c2c1. The van der Waals surface area contributed by atoms with E-state index in [9.17, 15) is 4.79 Å². The van der Waals surface area contributed by atoms with Crippen molar-refractivity contribution in [2.75, 3.05) is 5.32 Å². The third kappa shape index (κ3) is 2.84. The first-order valence-corrected chi connectivity index (χ1v) is 9.87. The van der Waals surface area contributed by atoms with Crippen LogP contribution in [0.2, 0.25) is 0 Å². The number of H-pyrrole nitrogens is 1. The van der Waals surface area contributed by atoms with Gasteiger partial charge in [0.05, 0.1) is 16.5 Å². The largest absolute Gasteiger partial charge is 0.337 e. The lowest BCUT2D eigenvalue weighted by Crippen LogP contribution is -2.20. The first-order chi connectivity index (χ1) is 12.2. The smallest absolute Gasteiger partial charge is 0.224 e. The molecular weight excluding hydrogens is 332 g/mol. The van der Waals surface area contributed by atoms with Crippen molar-refractivity contribution in [2.45, 2.75) is 32.1 Å². The van der Waals surface area contributed by atoms with Gasteiger partial charge in [-0.15, -0.1) is 11.3 Å². The average Bonchev–Trinajstić information content (AvgIpc) is 3.37. The molecule has 2 aliphatic carbocycles. The van der Waals surface area contributed by atoms with Gasteiger partial charge in [0.15, 0.2) is 5.82 Å². The second kappa shape index (κ2) is 5.95. The van der Waals surface area contributed by atoms with Crippen molar-refractivity contribution >= 4 is 34.0 Å². The Bertz CT molecular complexity index is 917. The molecule has 0 saturated heterocycles. The Morgan fingerprint density at radius 2 is 2.28 bits per heavy atom. The van der Waals surface area contributed by atoms with E-state index >= 15 is 0 Å². The van der Waals surface area contributed by atoms with E-state index in [0.717, 1.165) is 40.1 Å². The molecule has 2 N–H and O–H groups in total. The Labute approximate surface area is 149 Å². The monoisotopic (exact) mass is 352 g/mol. The molecule has 2 bridgehead atoms. The van der Waals surface area contributed by atoms with Crippen molar-refractivity contribution in [1.29, 1.82) is 0 Å². The van der Waals surface area contributed by atoms with Crippen LogP contribution in [-0.4, -0.2) is 20.9 Å². The van der Waals surface area contributed by atoms with Crippen molar-refractivity contribution in [3.8, 4) is 11.5 Å². The lowest BCUT2D eigenvalue weighted by atomic mass is 9.86. The van der Waals surface area contributed by atoms with E-state index in [1.165, 1.54) is 25.7 Å². The lowest BCUT2D eigenvalue weighted by Gasteiger charge is -2.20. The van der Waals surface area contributed by atoms with Crippen molar-refractivity contribution < 1.29 is 4.79 Å². The summed E-state index contributed by atoms with van der Waals surface area (Å²) >= 11 is 1.55. The maximum Gasteiger partial charge on any atom is 0.224 e. The number of nitrogens with zero attached hydrogens (tertiary/aromatic N) is 2. The molecule has 5 rings (SSSR count). The molecule has 2 fully saturated rings. The molecule has 5 nitrogen and oxygen atoms in total. The van der Waals surface area contributed by atoms with Gasteiger partial charge in [-0.1, -0.05) is 6.42 Å². The number of carbonyl (C=O) groups excluding carboxylic acids is 1. The van der Waals surface area contributed by atoms with Crippen molar-refractivity contribution in [3.63, 3.8) is 0 Å². The lowest BCUT2D eigenvalue weighted by molar-refractivity contribution is -0.117. The van der Waals surface area contributed by atoms with Crippen LogP contribution in [0.25, 0.3) is 22.6 Å². The summed E-state index contributed by atoms with van der Waals surface area (Å²) in [7, 11) is 0. The number of hydrogen-bond donors (Lipinski definition) is 2. The summed E-state index contributed by atoms with van der Waals surface area (Å²) in [6, 6.07) is 5.82. The minimum Gasteiger partial charge on any atom is -0.337 e. The number of amides is 1. The van der Waals surface area contributed by atoms with Gasteiger partial charge in [-0.25, -0.2) is 9.97 Å². The van der Waals surface area contributed by atoms with Crippen LogP contribution in [-0.2, 0) is 4.79 Å². The predicted octanol–water partition coefficient (Wildman–Crippen LogP) is 4.45. The molecule has 2 heterocycles. The quantitative estimate of drug-likeness (QED) is 0.729. The molecule has 1 amide bonds. The highest BCUT2D eigenvalue weighted by Crippen LogP contribution is 2.49. The van der Waals surface area contributed by atoms with Crippen LogP contribution in [0.15, 0.2) is 29.1 Å². The molecule has 0 spiro atoms. The van der Waals surface area contributed by atoms with Crippen LogP contribution >= 0.6 is 11.3 Å². The second-order valence-corrected chi connectivity index (χ2v) is 8.10. The fourth-order valence-corrected chi connectivity index (χ4v) is 5.15. The van der Waals surface area contributed by atoms with Crippen LogP contribution in [0, 0.1) is 17.8 Å². The highest BCUT2D eigenvalue weighted by molar-refractivity contribution is 7.07. The van der Waals surface area contributed by atoms with E-state index in [-0.39, 0.29) is 5.91 Å². The van der Waals surface area contributed by atoms with Crippen molar-refractivity contribution in [1.82, 2.24) is 15.0 Å². The van der Waals surface area contributed by atoms with E-state index in [4.69, 9.17) is 0 Å². The Kier molecular flexibility index (Phi) is 3.59. The Balaban J connectivity index is 1.30. The first kappa shape index (κ1) is 15.1. The zero-order chi connectivity index (χ0) is 16.8. The normalized spacial score (nSPS) is 24.9. The maximum atomic E-state index is 12.4. The summed E-state index contributed by atoms with van der Waals surface area (Å²) in [6.07, 6.45) is 5.95. The fourth-order valence-electron chi connectivity index (χ4n) is 4.61. The number of rotatable bonds is 4. The first-order valence-electron chi connectivity index (χ1n) is 8.93. The molecule has 2 aliphatic rings. The molecule has 3 atom stereocenters. The summed E-state index contributed by atoms with van der Waals surface area (Å²) in [5.41, 5.74) is 5.27. The molecule has 25 heavy (non-hydrogen) atoms. The molecule has 0 aliphatic heterocycles. The Morgan fingerprint density at radius 1 is 1.32 bits per heavy atom. The number of carbonyl (C=O) groups is 1. The maximum absolute atomic E-state index is 12.4. The molecule has 1 aromatic carbocycles. The van der Waals surface area contributed by atoms with Crippen molar-refractivity contribution in [2.24, 2.45) is 17.8 Å². The third-order valence-electron chi connectivity index (χ3n) is 5.77. The highest BCUT2D eigenvalue weighted by Gasteiger charge is 2.40. The Hall–Kier alpha value is -2.21. The number of nitrogens with one attached hydrogen (secondary N) is 2. The van der Waals surface area contributed by atoms with Gasteiger partial charge in [-0.2, -0.15) is 0 Å². The van der Waals surface area contributed by atoms with Gasteiger partial charge in [0.2, 0.25) is 5.91 Å². The molecule has 6 heteroatoms. The zero-order valence-corrected chi connectivity index (χ0v) is 14.7. The van der Waals surface area contributed by atoms with Gasteiger partial charge in [-0.3, -0.25) is 4.79 Å². The number of hydrogen-bond acceptors (Lipinski definition) is 4. The summed E-state index contributed by atoms with van der Waals surface area (Å²) in [6.45, 7) is 0. The van der Waals surface area contributed by atoms with Gasteiger partial charge in [-0.05, 0) is 55.2 Å². The number of fused-ring (bicyclic) bond motifs is 3. The summed E-state index contributed by atoms with van der Waals surface area (Å²) in [4.78, 5) is 24.6. The number of aromatic nitrogens is 3. The summed E-state index contributed by atoms with van der Waals surface area (Å²) in [5, 5.41) is 5.03. The summed E-state index contributed by atoms with van der Waals surface area (Å²) < 4.78 is 0. The Morgan fingerprint density at radius 3 is 3.04 bits per heavy atom. The van der Waals surface area contributed by atoms with Gasteiger partial charge < -0.3 is 10.3 Å². The van der Waals surface area contributed by atoms with Gasteiger partial charge in [0.25, 0.3) is 0 Å². The molecule has 2 saturated carbocycles. The standard InChI is InChI=1S/C19H20N4OS/c24-18(7-13-6-11-1-2-12(13)5-11)21-14-3-4-15-16(8-14)23-19(22-15)17-9-25-10-20-17/h3-4,8-13H,1-2,5-7H2,(H,21,24)(H,22,23)/t11-,12+,13?/m1/s1. The molecule has 128 valence electrons. The third-order valence-corrected chi connectivity index (χ3v) is 6.36.